The zero-order valence-corrected chi connectivity index (χ0v) is 13.0. The van der Waals surface area contributed by atoms with Crippen LogP contribution in [0, 0.1) is 0 Å². The third-order valence-electron chi connectivity index (χ3n) is 3.38. The number of hydrogen-bond acceptors (Lipinski definition) is 4. The summed E-state index contributed by atoms with van der Waals surface area (Å²) in [6.45, 7) is 0. The van der Waals surface area contributed by atoms with Gasteiger partial charge in [-0.05, 0) is 36.4 Å². The summed E-state index contributed by atoms with van der Waals surface area (Å²) in [7, 11) is 3.25. The van der Waals surface area contributed by atoms with Gasteiger partial charge in [-0.25, -0.2) is 4.98 Å². The number of aromatic nitrogens is 2. The Morgan fingerprint density at radius 1 is 1.00 bits per heavy atom. The maximum atomic E-state index is 5.17. The van der Waals surface area contributed by atoms with Crippen LogP contribution in [0.2, 0.25) is 0 Å². The van der Waals surface area contributed by atoms with E-state index in [1.165, 1.54) is 0 Å². The van der Waals surface area contributed by atoms with Gasteiger partial charge in [0.05, 0.1) is 26.1 Å². The molecule has 1 aromatic carbocycles. The molecule has 0 aliphatic heterocycles. The molecule has 0 atom stereocenters. The zero-order valence-electron chi connectivity index (χ0n) is 13.0. The number of nitrogens with zero attached hydrogens (tertiary/aromatic N) is 3. The van der Waals surface area contributed by atoms with Crippen molar-refractivity contribution in [2.24, 2.45) is 4.99 Å². The second-order valence-corrected chi connectivity index (χ2v) is 4.87. The standard InChI is InChI=1S/C18H17N3O2/c1-22-17-6-4-16(5-7-17)21-10-9-14(13-21)11-19-15-3-8-18(23-2)20-12-15/h3-13H,1-2H3. The van der Waals surface area contributed by atoms with Crippen LogP contribution in [0.4, 0.5) is 5.69 Å². The molecule has 5 nitrogen and oxygen atoms in total. The van der Waals surface area contributed by atoms with Crippen LogP contribution in [0.25, 0.3) is 5.69 Å². The second-order valence-electron chi connectivity index (χ2n) is 4.87. The topological polar surface area (TPSA) is 48.6 Å². The van der Waals surface area contributed by atoms with Crippen LogP contribution in [-0.2, 0) is 0 Å². The lowest BCUT2D eigenvalue weighted by molar-refractivity contribution is 0.398. The maximum Gasteiger partial charge on any atom is 0.213 e. The highest BCUT2D eigenvalue weighted by Crippen LogP contribution is 2.17. The smallest absolute Gasteiger partial charge is 0.213 e. The highest BCUT2D eigenvalue weighted by atomic mass is 16.5. The first-order chi connectivity index (χ1) is 11.3. The van der Waals surface area contributed by atoms with E-state index in [9.17, 15) is 0 Å². The zero-order chi connectivity index (χ0) is 16.1. The molecule has 0 radical (unpaired) electrons. The van der Waals surface area contributed by atoms with Crippen LogP contribution >= 0.6 is 0 Å². The molecule has 0 aliphatic carbocycles. The van der Waals surface area contributed by atoms with Gasteiger partial charge in [0, 0.05) is 35.9 Å². The molecule has 116 valence electrons. The Balaban J connectivity index is 1.74. The van der Waals surface area contributed by atoms with E-state index >= 15 is 0 Å². The van der Waals surface area contributed by atoms with Crippen LogP contribution in [0.3, 0.4) is 0 Å². The summed E-state index contributed by atoms with van der Waals surface area (Å²) in [5.41, 5.74) is 2.86. The van der Waals surface area contributed by atoms with Gasteiger partial charge >= 0.3 is 0 Å². The SMILES string of the molecule is COc1ccc(-n2ccc(C=Nc3ccc(OC)nc3)c2)cc1. The summed E-state index contributed by atoms with van der Waals surface area (Å²) >= 11 is 0. The van der Waals surface area contributed by atoms with Gasteiger partial charge in [-0.1, -0.05) is 0 Å². The predicted octanol–water partition coefficient (Wildman–Crippen LogP) is 3.64. The van der Waals surface area contributed by atoms with Gasteiger partial charge in [-0.3, -0.25) is 4.99 Å². The van der Waals surface area contributed by atoms with E-state index in [-0.39, 0.29) is 0 Å². The molecule has 0 N–H and O–H groups in total. The fourth-order valence-electron chi connectivity index (χ4n) is 2.12. The Hall–Kier alpha value is -3.08. The molecule has 3 rings (SSSR count). The largest absolute Gasteiger partial charge is 0.497 e. The Morgan fingerprint density at radius 2 is 1.83 bits per heavy atom. The van der Waals surface area contributed by atoms with Gasteiger partial charge in [-0.15, -0.1) is 0 Å². The average molecular weight is 307 g/mol. The van der Waals surface area contributed by atoms with E-state index in [0.717, 1.165) is 22.7 Å². The first-order valence-corrected chi connectivity index (χ1v) is 7.15. The van der Waals surface area contributed by atoms with Crippen molar-refractivity contribution in [3.8, 4) is 17.3 Å². The molecule has 0 unspecified atom stereocenters. The van der Waals surface area contributed by atoms with Gasteiger partial charge < -0.3 is 14.0 Å². The monoisotopic (exact) mass is 307 g/mol. The molecule has 3 aromatic rings. The van der Waals surface area contributed by atoms with Crippen LogP contribution in [0.1, 0.15) is 5.56 Å². The molecular formula is C18H17N3O2. The van der Waals surface area contributed by atoms with Crippen molar-refractivity contribution in [2.75, 3.05) is 14.2 Å². The number of aliphatic imine (C=N–C) groups is 1. The Morgan fingerprint density at radius 3 is 2.48 bits per heavy atom. The summed E-state index contributed by atoms with van der Waals surface area (Å²) in [4.78, 5) is 8.54. The number of rotatable bonds is 5. The van der Waals surface area contributed by atoms with E-state index in [2.05, 4.69) is 9.98 Å². The molecule has 0 saturated heterocycles. The van der Waals surface area contributed by atoms with Crippen LogP contribution in [0.5, 0.6) is 11.6 Å². The minimum atomic E-state index is 0.578. The first kappa shape index (κ1) is 14.8. The summed E-state index contributed by atoms with van der Waals surface area (Å²) in [5.74, 6) is 1.42. The molecular weight excluding hydrogens is 290 g/mol. The van der Waals surface area contributed by atoms with Crippen molar-refractivity contribution in [3.63, 3.8) is 0 Å². The van der Waals surface area contributed by atoms with Gasteiger partial charge in [0.15, 0.2) is 0 Å². The number of ether oxygens (including phenoxy) is 2. The fourth-order valence-corrected chi connectivity index (χ4v) is 2.12. The lowest BCUT2D eigenvalue weighted by atomic mass is 10.3. The molecule has 0 aliphatic rings. The van der Waals surface area contributed by atoms with Crippen molar-refractivity contribution in [3.05, 3.63) is 66.6 Å². The lowest BCUT2D eigenvalue weighted by Gasteiger charge is -2.04. The number of hydrogen-bond donors (Lipinski definition) is 0. The quantitative estimate of drug-likeness (QED) is 0.676. The predicted molar refractivity (Wildman–Crippen MR) is 90.4 cm³/mol. The number of benzene rings is 1. The first-order valence-electron chi connectivity index (χ1n) is 7.15. The Bertz CT molecular complexity index is 790. The normalized spacial score (nSPS) is 10.9. The molecule has 2 aromatic heterocycles. The average Bonchev–Trinajstić information content (AvgIpc) is 3.09. The molecule has 0 amide bonds. The minimum absolute atomic E-state index is 0.578. The Kier molecular flexibility index (Phi) is 4.38. The van der Waals surface area contributed by atoms with Crippen molar-refractivity contribution in [2.45, 2.75) is 0 Å². The van der Waals surface area contributed by atoms with Gasteiger partial charge in [0.2, 0.25) is 5.88 Å². The van der Waals surface area contributed by atoms with Crippen molar-refractivity contribution < 1.29 is 9.47 Å². The van der Waals surface area contributed by atoms with E-state index in [4.69, 9.17) is 9.47 Å². The van der Waals surface area contributed by atoms with Crippen LogP contribution in [0.15, 0.2) is 66.0 Å². The summed E-state index contributed by atoms with van der Waals surface area (Å²) < 4.78 is 12.2. The molecule has 2 heterocycles. The van der Waals surface area contributed by atoms with Gasteiger partial charge in [0.25, 0.3) is 0 Å². The second kappa shape index (κ2) is 6.79. The summed E-state index contributed by atoms with van der Waals surface area (Å²) in [5, 5.41) is 0. The van der Waals surface area contributed by atoms with Gasteiger partial charge in [-0.2, -0.15) is 0 Å². The molecule has 0 fully saturated rings. The summed E-state index contributed by atoms with van der Waals surface area (Å²) in [6, 6.07) is 13.5. The lowest BCUT2D eigenvalue weighted by Crippen LogP contribution is -1.90. The highest BCUT2D eigenvalue weighted by Gasteiger charge is 1.99. The van der Waals surface area contributed by atoms with Gasteiger partial charge in [0.1, 0.15) is 5.75 Å². The fraction of sp³-hybridized carbons (Fsp3) is 0.111. The van der Waals surface area contributed by atoms with Crippen molar-refractivity contribution >= 4 is 11.9 Å². The van der Waals surface area contributed by atoms with E-state index in [0.29, 0.717) is 5.88 Å². The molecule has 0 spiro atoms. The van der Waals surface area contributed by atoms with Crippen molar-refractivity contribution in [1.82, 2.24) is 9.55 Å². The van der Waals surface area contributed by atoms with E-state index in [1.54, 1.807) is 26.5 Å². The third-order valence-corrected chi connectivity index (χ3v) is 3.38. The number of methoxy groups -OCH3 is 2. The molecule has 0 bridgehead atoms. The van der Waals surface area contributed by atoms with Crippen LogP contribution < -0.4 is 9.47 Å². The van der Waals surface area contributed by atoms with E-state index in [1.807, 2.05) is 59.6 Å². The maximum absolute atomic E-state index is 5.17. The third kappa shape index (κ3) is 3.58. The van der Waals surface area contributed by atoms with E-state index < -0.39 is 0 Å². The Labute approximate surface area is 134 Å². The summed E-state index contributed by atoms with van der Waals surface area (Å²) in [6.07, 6.45) is 7.50. The van der Waals surface area contributed by atoms with Crippen molar-refractivity contribution in [1.29, 1.82) is 0 Å². The molecule has 0 saturated carbocycles. The minimum Gasteiger partial charge on any atom is -0.497 e. The molecule has 5 heteroatoms. The number of pyridine rings is 1. The highest BCUT2D eigenvalue weighted by molar-refractivity contribution is 5.81. The van der Waals surface area contributed by atoms with Crippen LogP contribution in [-0.4, -0.2) is 30.0 Å². The molecule has 23 heavy (non-hydrogen) atoms.